The molecule has 16 heavy (non-hydrogen) atoms. The lowest BCUT2D eigenvalue weighted by atomic mass is 10.2. The van der Waals surface area contributed by atoms with Crippen LogP contribution in [0.5, 0.6) is 0 Å². The molecule has 88 valence electrons. The molecule has 0 N–H and O–H groups in total. The first-order valence-corrected chi connectivity index (χ1v) is 7.81. The smallest absolute Gasteiger partial charge is 0.179 e. The zero-order valence-electron chi connectivity index (χ0n) is 8.89. The molecule has 0 aromatic heterocycles. The minimum absolute atomic E-state index is 0.0277. The first-order valence-electron chi connectivity index (χ1n) is 4.92. The predicted octanol–water partition coefficient (Wildman–Crippen LogP) is 2.24. The third-order valence-corrected chi connectivity index (χ3v) is 5.66. The van der Waals surface area contributed by atoms with Crippen molar-refractivity contribution in [2.45, 2.75) is 22.2 Å². The van der Waals surface area contributed by atoms with Gasteiger partial charge in [0.15, 0.2) is 9.84 Å². The van der Waals surface area contributed by atoms with Crippen molar-refractivity contribution in [2.75, 3.05) is 5.75 Å². The molecule has 0 spiro atoms. The molecule has 0 heterocycles. The molecule has 0 aliphatic heterocycles. The van der Waals surface area contributed by atoms with Crippen LogP contribution in [0.3, 0.4) is 0 Å². The highest BCUT2D eigenvalue weighted by atomic mass is 127. The van der Waals surface area contributed by atoms with Gasteiger partial charge in [-0.3, -0.25) is 4.79 Å². The summed E-state index contributed by atoms with van der Waals surface area (Å²) in [5.41, 5.74) is 0. The van der Waals surface area contributed by atoms with Crippen molar-refractivity contribution in [3.63, 3.8) is 0 Å². The quantitative estimate of drug-likeness (QED) is 0.603. The van der Waals surface area contributed by atoms with Crippen molar-refractivity contribution in [1.29, 1.82) is 0 Å². The standard InChI is InChI=1S/C11H13IO3S/c1-2-11(13)10(12)8-16(14,15)9-6-4-3-5-7-9/h3-7,10H,2,8H2,1H3/t10-/m1/s1. The van der Waals surface area contributed by atoms with E-state index in [2.05, 4.69) is 0 Å². The minimum Gasteiger partial charge on any atom is -0.299 e. The summed E-state index contributed by atoms with van der Waals surface area (Å²) in [6.07, 6.45) is 0.373. The van der Waals surface area contributed by atoms with Crippen molar-refractivity contribution >= 4 is 38.2 Å². The highest BCUT2D eigenvalue weighted by Crippen LogP contribution is 2.16. The molecule has 5 heteroatoms. The number of ketones is 1. The summed E-state index contributed by atoms with van der Waals surface area (Å²) in [6.45, 7) is 1.74. The van der Waals surface area contributed by atoms with Crippen molar-refractivity contribution < 1.29 is 13.2 Å². The Labute approximate surface area is 109 Å². The van der Waals surface area contributed by atoms with Crippen molar-refractivity contribution in [3.05, 3.63) is 30.3 Å². The van der Waals surface area contributed by atoms with Crippen LogP contribution in [0.15, 0.2) is 35.2 Å². The van der Waals surface area contributed by atoms with Crippen LogP contribution in [-0.2, 0) is 14.6 Å². The Morgan fingerprint density at radius 1 is 1.31 bits per heavy atom. The highest BCUT2D eigenvalue weighted by Gasteiger charge is 2.23. The van der Waals surface area contributed by atoms with Crippen LogP contribution in [-0.4, -0.2) is 23.9 Å². The fourth-order valence-corrected chi connectivity index (χ4v) is 4.43. The Morgan fingerprint density at radius 2 is 1.88 bits per heavy atom. The second-order valence-corrected chi connectivity index (χ2v) is 6.92. The molecule has 1 rings (SSSR count). The van der Waals surface area contributed by atoms with Gasteiger partial charge in [-0.15, -0.1) is 0 Å². The van der Waals surface area contributed by atoms with Gasteiger partial charge in [-0.2, -0.15) is 0 Å². The number of sulfone groups is 1. The molecule has 1 aromatic carbocycles. The Hall–Kier alpha value is -0.430. The second kappa shape index (κ2) is 5.77. The summed E-state index contributed by atoms with van der Waals surface area (Å²) >= 11 is 1.89. The SMILES string of the molecule is CCC(=O)[C@H](I)CS(=O)(=O)c1ccccc1. The molecule has 1 aromatic rings. The van der Waals surface area contributed by atoms with Gasteiger partial charge in [0.2, 0.25) is 0 Å². The largest absolute Gasteiger partial charge is 0.299 e. The van der Waals surface area contributed by atoms with Crippen LogP contribution in [0.4, 0.5) is 0 Å². The lowest BCUT2D eigenvalue weighted by molar-refractivity contribution is -0.117. The molecule has 0 radical (unpaired) electrons. The third kappa shape index (κ3) is 3.55. The number of rotatable bonds is 5. The Bertz CT molecular complexity index is 453. The summed E-state index contributed by atoms with van der Waals surface area (Å²) in [7, 11) is -3.34. The normalized spacial score (nSPS) is 13.4. The van der Waals surface area contributed by atoms with E-state index in [1.165, 1.54) is 0 Å². The van der Waals surface area contributed by atoms with Gasteiger partial charge in [0.05, 0.1) is 14.6 Å². The maximum absolute atomic E-state index is 11.9. The van der Waals surface area contributed by atoms with Gasteiger partial charge in [-0.05, 0) is 12.1 Å². The van der Waals surface area contributed by atoms with E-state index >= 15 is 0 Å². The number of benzene rings is 1. The molecule has 0 unspecified atom stereocenters. The van der Waals surface area contributed by atoms with Gasteiger partial charge in [0.25, 0.3) is 0 Å². The topological polar surface area (TPSA) is 51.2 Å². The van der Waals surface area contributed by atoms with E-state index in [4.69, 9.17) is 0 Å². The van der Waals surface area contributed by atoms with E-state index in [0.717, 1.165) is 0 Å². The van der Waals surface area contributed by atoms with E-state index in [9.17, 15) is 13.2 Å². The average Bonchev–Trinajstić information content (AvgIpc) is 2.28. The molecule has 0 amide bonds. The summed E-state index contributed by atoms with van der Waals surface area (Å²) in [6, 6.07) is 8.22. The van der Waals surface area contributed by atoms with E-state index < -0.39 is 13.8 Å². The molecule has 0 fully saturated rings. The lowest BCUT2D eigenvalue weighted by Gasteiger charge is -2.08. The van der Waals surface area contributed by atoms with E-state index in [1.54, 1.807) is 37.3 Å². The van der Waals surface area contributed by atoms with Crippen LogP contribution in [0.1, 0.15) is 13.3 Å². The van der Waals surface area contributed by atoms with Gasteiger partial charge < -0.3 is 0 Å². The molecule has 0 saturated carbocycles. The number of hydrogen-bond donors (Lipinski definition) is 0. The lowest BCUT2D eigenvalue weighted by Crippen LogP contribution is -2.23. The number of alkyl halides is 1. The van der Waals surface area contributed by atoms with Gasteiger partial charge >= 0.3 is 0 Å². The second-order valence-electron chi connectivity index (χ2n) is 3.38. The minimum atomic E-state index is -3.34. The molecule has 0 aliphatic carbocycles. The summed E-state index contributed by atoms with van der Waals surface area (Å²) in [5, 5.41) is 0. The summed E-state index contributed by atoms with van der Waals surface area (Å²) in [5.74, 6) is -0.148. The van der Waals surface area contributed by atoms with Crippen molar-refractivity contribution in [3.8, 4) is 0 Å². The summed E-state index contributed by atoms with van der Waals surface area (Å²) in [4.78, 5) is 11.6. The zero-order chi connectivity index (χ0) is 12.2. The molecule has 1 atom stereocenters. The predicted molar refractivity (Wildman–Crippen MR) is 71.6 cm³/mol. The van der Waals surface area contributed by atoms with E-state index in [0.29, 0.717) is 6.42 Å². The number of halogens is 1. The summed E-state index contributed by atoms with van der Waals surface area (Å²) < 4.78 is 23.3. The van der Waals surface area contributed by atoms with Crippen molar-refractivity contribution in [2.24, 2.45) is 0 Å². The Balaban J connectivity index is 2.85. The number of hydrogen-bond acceptors (Lipinski definition) is 3. The monoisotopic (exact) mass is 352 g/mol. The van der Waals surface area contributed by atoms with Crippen molar-refractivity contribution in [1.82, 2.24) is 0 Å². The van der Waals surface area contributed by atoms with E-state index in [1.807, 2.05) is 22.6 Å². The first-order chi connectivity index (χ1) is 7.47. The molecule has 0 saturated heterocycles. The third-order valence-electron chi connectivity index (χ3n) is 2.17. The van der Waals surface area contributed by atoms with Crippen LogP contribution < -0.4 is 0 Å². The number of Topliss-reactive ketones (excluding diaryl/α,β-unsaturated/α-hetero) is 1. The van der Waals surface area contributed by atoms with Gasteiger partial charge in [-0.1, -0.05) is 47.7 Å². The van der Waals surface area contributed by atoms with Gasteiger partial charge in [0.1, 0.15) is 5.78 Å². The molecular weight excluding hydrogens is 339 g/mol. The molecular formula is C11H13IO3S. The van der Waals surface area contributed by atoms with Crippen LogP contribution in [0.2, 0.25) is 0 Å². The average molecular weight is 352 g/mol. The Kier molecular flexibility index (Phi) is 4.91. The van der Waals surface area contributed by atoms with Gasteiger partial charge in [0, 0.05) is 6.42 Å². The number of carbonyl (C=O) groups is 1. The molecule has 0 aliphatic rings. The van der Waals surface area contributed by atoms with Crippen LogP contribution in [0.25, 0.3) is 0 Å². The molecule has 3 nitrogen and oxygen atoms in total. The number of carbonyl (C=O) groups excluding carboxylic acids is 1. The first kappa shape index (κ1) is 13.6. The fraction of sp³-hybridized carbons (Fsp3) is 0.364. The van der Waals surface area contributed by atoms with Crippen LogP contribution >= 0.6 is 22.6 Å². The zero-order valence-corrected chi connectivity index (χ0v) is 11.9. The highest BCUT2D eigenvalue weighted by molar-refractivity contribution is 14.1. The maximum Gasteiger partial charge on any atom is 0.179 e. The van der Waals surface area contributed by atoms with E-state index in [-0.39, 0.29) is 16.4 Å². The fourth-order valence-electron chi connectivity index (χ4n) is 1.23. The Morgan fingerprint density at radius 3 is 2.38 bits per heavy atom. The maximum atomic E-state index is 11.9. The van der Waals surface area contributed by atoms with Crippen LogP contribution in [0, 0.1) is 0 Å². The molecule has 0 bridgehead atoms. The van der Waals surface area contributed by atoms with Gasteiger partial charge in [-0.25, -0.2) is 8.42 Å².